The summed E-state index contributed by atoms with van der Waals surface area (Å²) in [6.07, 6.45) is -4.69. The second-order valence-corrected chi connectivity index (χ2v) is 5.01. The molecule has 6 nitrogen and oxygen atoms in total. The van der Waals surface area contributed by atoms with Gasteiger partial charge < -0.3 is 14.8 Å². The summed E-state index contributed by atoms with van der Waals surface area (Å²) in [4.78, 5) is 14.8. The first-order chi connectivity index (χ1) is 11.8. The fraction of sp³-hybridized carbons (Fsp3) is 0.0625. The highest BCUT2D eigenvalue weighted by atomic mass is 19.4. The summed E-state index contributed by atoms with van der Waals surface area (Å²) in [5.41, 5.74) is -1.40. The number of benzene rings is 2. The van der Waals surface area contributed by atoms with E-state index in [9.17, 15) is 18.0 Å². The Kier molecular flexibility index (Phi) is 3.81. The van der Waals surface area contributed by atoms with Crippen LogP contribution in [0.1, 0.15) is 21.5 Å². The van der Waals surface area contributed by atoms with Crippen molar-refractivity contribution in [3.8, 4) is 6.07 Å². The number of rotatable bonds is 3. The number of carboxylic acids is 1. The zero-order valence-electron chi connectivity index (χ0n) is 12.3. The molecule has 0 radical (unpaired) electrons. The van der Waals surface area contributed by atoms with Gasteiger partial charge in [0.05, 0.1) is 22.8 Å². The largest absolute Gasteiger partial charge is 0.478 e. The molecule has 1 aromatic heterocycles. The van der Waals surface area contributed by atoms with E-state index in [1.807, 2.05) is 0 Å². The number of fused-ring (bicyclic) bond motifs is 1. The number of aromatic carboxylic acids is 1. The molecule has 3 aromatic rings. The molecular weight excluding hydrogens is 339 g/mol. The van der Waals surface area contributed by atoms with Crippen LogP contribution in [0.5, 0.6) is 0 Å². The van der Waals surface area contributed by atoms with Gasteiger partial charge in [0, 0.05) is 11.8 Å². The highest BCUT2D eigenvalue weighted by molar-refractivity contribution is 5.89. The van der Waals surface area contributed by atoms with Crippen molar-refractivity contribution in [3.63, 3.8) is 0 Å². The molecule has 0 unspecified atom stereocenters. The third-order valence-corrected chi connectivity index (χ3v) is 3.31. The molecule has 9 heteroatoms. The van der Waals surface area contributed by atoms with Crippen molar-refractivity contribution >= 4 is 28.8 Å². The number of oxazole rings is 1. The van der Waals surface area contributed by atoms with Crippen LogP contribution in [0.3, 0.4) is 0 Å². The molecular formula is C16H8F3N3O3. The lowest BCUT2D eigenvalue weighted by Crippen LogP contribution is -2.07. The summed E-state index contributed by atoms with van der Waals surface area (Å²) in [6.45, 7) is 0. The SMILES string of the molecule is N#Cc1cc2oc(Nc3cccc(C(=O)O)c3)nc2cc1C(F)(F)F. The number of nitriles is 1. The summed E-state index contributed by atoms with van der Waals surface area (Å²) in [7, 11) is 0. The third kappa shape index (κ3) is 3.23. The first kappa shape index (κ1) is 16.3. The second kappa shape index (κ2) is 5.83. The van der Waals surface area contributed by atoms with Crippen LogP contribution in [0.25, 0.3) is 11.1 Å². The van der Waals surface area contributed by atoms with Gasteiger partial charge in [0.1, 0.15) is 5.52 Å². The normalized spacial score (nSPS) is 11.3. The molecule has 0 saturated heterocycles. The van der Waals surface area contributed by atoms with Crippen molar-refractivity contribution in [2.24, 2.45) is 0 Å². The van der Waals surface area contributed by atoms with E-state index in [1.165, 1.54) is 24.3 Å². The summed E-state index contributed by atoms with van der Waals surface area (Å²) in [5, 5.41) is 20.5. The van der Waals surface area contributed by atoms with Crippen molar-refractivity contribution in [1.29, 1.82) is 5.26 Å². The molecule has 0 bridgehead atoms. The maximum atomic E-state index is 13.0. The number of hydrogen-bond donors (Lipinski definition) is 2. The Morgan fingerprint density at radius 3 is 2.68 bits per heavy atom. The number of carbonyl (C=O) groups is 1. The fourth-order valence-electron chi connectivity index (χ4n) is 2.21. The minimum absolute atomic E-state index is 0.00133. The molecule has 25 heavy (non-hydrogen) atoms. The Balaban J connectivity index is 2.01. The number of anilines is 2. The Hall–Kier alpha value is -3.54. The Morgan fingerprint density at radius 2 is 2.04 bits per heavy atom. The molecule has 126 valence electrons. The number of halogens is 3. The van der Waals surface area contributed by atoms with Crippen molar-refractivity contribution in [3.05, 3.63) is 53.1 Å². The molecule has 0 amide bonds. The minimum Gasteiger partial charge on any atom is -0.478 e. The quantitative estimate of drug-likeness (QED) is 0.738. The first-order valence-corrected chi connectivity index (χ1v) is 6.80. The standard InChI is InChI=1S/C16H8F3N3O3/c17-16(18,19)11-6-12-13(5-9(11)7-20)25-15(22-12)21-10-3-1-2-8(4-10)14(23)24/h1-6H,(H,21,22)(H,23,24). The van der Waals surface area contributed by atoms with E-state index in [4.69, 9.17) is 14.8 Å². The number of carboxylic acid groups (broad SMARTS) is 1. The second-order valence-electron chi connectivity index (χ2n) is 5.01. The van der Waals surface area contributed by atoms with Gasteiger partial charge in [-0.15, -0.1) is 0 Å². The first-order valence-electron chi connectivity index (χ1n) is 6.80. The Morgan fingerprint density at radius 1 is 1.28 bits per heavy atom. The van der Waals surface area contributed by atoms with Crippen LogP contribution in [0.2, 0.25) is 0 Å². The van der Waals surface area contributed by atoms with Gasteiger partial charge in [-0.05, 0) is 24.3 Å². The molecule has 0 aliphatic carbocycles. The number of nitrogens with zero attached hydrogens (tertiary/aromatic N) is 2. The monoisotopic (exact) mass is 347 g/mol. The van der Waals surface area contributed by atoms with E-state index in [-0.39, 0.29) is 22.7 Å². The van der Waals surface area contributed by atoms with Crippen molar-refractivity contribution in [2.75, 3.05) is 5.32 Å². The van der Waals surface area contributed by atoms with Gasteiger partial charge in [-0.3, -0.25) is 0 Å². The van der Waals surface area contributed by atoms with Crippen molar-refractivity contribution in [2.45, 2.75) is 6.18 Å². The van der Waals surface area contributed by atoms with E-state index >= 15 is 0 Å². The van der Waals surface area contributed by atoms with Crippen LogP contribution in [0.4, 0.5) is 24.9 Å². The zero-order chi connectivity index (χ0) is 18.2. The van der Waals surface area contributed by atoms with E-state index in [0.29, 0.717) is 5.69 Å². The summed E-state index contributed by atoms with van der Waals surface area (Å²) in [6, 6.07) is 8.79. The summed E-state index contributed by atoms with van der Waals surface area (Å²) in [5.74, 6) is -1.13. The van der Waals surface area contributed by atoms with Crippen LogP contribution in [0.15, 0.2) is 40.8 Å². The summed E-state index contributed by atoms with van der Waals surface area (Å²) < 4.78 is 44.2. The van der Waals surface area contributed by atoms with Gasteiger partial charge >= 0.3 is 12.1 Å². The average molecular weight is 347 g/mol. The molecule has 2 N–H and O–H groups in total. The van der Waals surface area contributed by atoms with Gasteiger partial charge in [0.15, 0.2) is 5.58 Å². The van der Waals surface area contributed by atoms with E-state index in [1.54, 1.807) is 6.07 Å². The third-order valence-electron chi connectivity index (χ3n) is 3.31. The van der Waals surface area contributed by atoms with Gasteiger partial charge in [0.2, 0.25) is 0 Å². The lowest BCUT2D eigenvalue weighted by atomic mass is 10.1. The topological polar surface area (TPSA) is 99.2 Å². The summed E-state index contributed by atoms with van der Waals surface area (Å²) >= 11 is 0. The maximum absolute atomic E-state index is 13.0. The van der Waals surface area contributed by atoms with E-state index < -0.39 is 23.3 Å². The number of aromatic nitrogens is 1. The number of alkyl halides is 3. The fourth-order valence-corrected chi connectivity index (χ4v) is 2.21. The minimum atomic E-state index is -4.69. The van der Waals surface area contributed by atoms with Gasteiger partial charge in [-0.2, -0.15) is 23.4 Å². The van der Waals surface area contributed by atoms with Crippen LogP contribution in [-0.4, -0.2) is 16.1 Å². The molecule has 3 rings (SSSR count). The van der Waals surface area contributed by atoms with Crippen LogP contribution in [0, 0.1) is 11.3 Å². The van der Waals surface area contributed by atoms with Gasteiger partial charge in [-0.1, -0.05) is 6.07 Å². The Labute approximate surface area is 138 Å². The maximum Gasteiger partial charge on any atom is 0.417 e. The zero-order valence-corrected chi connectivity index (χ0v) is 12.3. The Bertz CT molecular complexity index is 1020. The molecule has 0 spiro atoms. The smallest absolute Gasteiger partial charge is 0.417 e. The number of nitrogens with one attached hydrogen (secondary N) is 1. The van der Waals surface area contributed by atoms with Gasteiger partial charge in [0.25, 0.3) is 6.01 Å². The average Bonchev–Trinajstić information content (AvgIpc) is 2.94. The molecule has 0 aliphatic heterocycles. The lowest BCUT2D eigenvalue weighted by molar-refractivity contribution is -0.137. The highest BCUT2D eigenvalue weighted by Gasteiger charge is 2.34. The molecule has 2 aromatic carbocycles. The molecule has 0 fully saturated rings. The molecule has 0 saturated carbocycles. The van der Waals surface area contributed by atoms with Gasteiger partial charge in [-0.25, -0.2) is 4.79 Å². The highest BCUT2D eigenvalue weighted by Crippen LogP contribution is 2.35. The lowest BCUT2D eigenvalue weighted by Gasteiger charge is -2.07. The van der Waals surface area contributed by atoms with Crippen molar-refractivity contribution < 1.29 is 27.5 Å². The van der Waals surface area contributed by atoms with E-state index in [2.05, 4.69) is 10.3 Å². The van der Waals surface area contributed by atoms with Crippen molar-refractivity contribution in [1.82, 2.24) is 4.98 Å². The number of hydrogen-bond acceptors (Lipinski definition) is 5. The van der Waals surface area contributed by atoms with Crippen LogP contribution < -0.4 is 5.32 Å². The predicted octanol–water partition coefficient (Wildman–Crippen LogP) is 4.16. The molecule has 1 heterocycles. The van der Waals surface area contributed by atoms with E-state index in [0.717, 1.165) is 12.1 Å². The van der Waals surface area contributed by atoms with Crippen LogP contribution in [-0.2, 0) is 6.18 Å². The molecule has 0 atom stereocenters. The predicted molar refractivity (Wildman–Crippen MR) is 80.4 cm³/mol. The van der Waals surface area contributed by atoms with Crippen LogP contribution >= 0.6 is 0 Å². The molecule has 0 aliphatic rings.